The maximum absolute atomic E-state index is 12.9. The summed E-state index contributed by atoms with van der Waals surface area (Å²) in [5.74, 6) is -0.591. The second-order valence-corrected chi connectivity index (χ2v) is 7.03. The minimum absolute atomic E-state index is 0.126. The van der Waals surface area contributed by atoms with Crippen molar-refractivity contribution in [2.75, 3.05) is 16.8 Å². The number of nitrogens with zero attached hydrogens (tertiary/aromatic N) is 2. The lowest BCUT2D eigenvalue weighted by atomic mass is 10.0. The van der Waals surface area contributed by atoms with E-state index in [1.54, 1.807) is 12.1 Å². The Labute approximate surface area is 162 Å². The molecule has 0 aromatic heterocycles. The largest absolute Gasteiger partial charge is 0.478 e. The van der Waals surface area contributed by atoms with Gasteiger partial charge in [-0.2, -0.15) is 0 Å². The predicted octanol–water partition coefficient (Wildman–Crippen LogP) is 3.29. The van der Waals surface area contributed by atoms with Crippen LogP contribution in [0.1, 0.15) is 19.4 Å². The predicted molar refractivity (Wildman–Crippen MR) is 105 cm³/mol. The minimum Gasteiger partial charge on any atom is -0.478 e. The normalized spacial score (nSPS) is 15.8. The molecule has 0 aliphatic carbocycles. The zero-order valence-electron chi connectivity index (χ0n) is 15.8. The van der Waals surface area contributed by atoms with Gasteiger partial charge in [0, 0.05) is 17.8 Å². The highest BCUT2D eigenvalue weighted by molar-refractivity contribution is 6.06. The van der Waals surface area contributed by atoms with Gasteiger partial charge in [-0.05, 0) is 31.0 Å². The molecule has 2 aromatic carbocycles. The first-order chi connectivity index (χ1) is 13.3. The van der Waals surface area contributed by atoms with Crippen LogP contribution in [-0.2, 0) is 9.59 Å². The van der Waals surface area contributed by atoms with Crippen LogP contribution in [0.5, 0.6) is 5.75 Å². The average molecular weight is 383 g/mol. The van der Waals surface area contributed by atoms with E-state index in [0.29, 0.717) is 11.4 Å². The van der Waals surface area contributed by atoms with Gasteiger partial charge in [0.25, 0.3) is 11.6 Å². The monoisotopic (exact) mass is 383 g/mol. The first-order valence-corrected chi connectivity index (χ1v) is 8.89. The molecule has 0 saturated carbocycles. The molecule has 0 radical (unpaired) electrons. The Balaban J connectivity index is 1.89. The van der Waals surface area contributed by atoms with Crippen LogP contribution in [0.15, 0.2) is 42.5 Å². The number of nitro groups is 1. The van der Waals surface area contributed by atoms with Crippen LogP contribution in [-0.4, -0.2) is 29.4 Å². The second-order valence-electron chi connectivity index (χ2n) is 7.03. The highest BCUT2D eigenvalue weighted by atomic mass is 16.6. The Bertz CT molecular complexity index is 924. The lowest BCUT2D eigenvalue weighted by Gasteiger charge is -2.35. The number of fused-ring (bicyclic) bond motifs is 1. The van der Waals surface area contributed by atoms with Crippen LogP contribution in [0.3, 0.4) is 0 Å². The fourth-order valence-electron chi connectivity index (χ4n) is 2.95. The zero-order chi connectivity index (χ0) is 20.4. The van der Waals surface area contributed by atoms with Gasteiger partial charge in [-0.15, -0.1) is 0 Å². The first kappa shape index (κ1) is 19.3. The van der Waals surface area contributed by atoms with Gasteiger partial charge in [-0.3, -0.25) is 24.6 Å². The summed E-state index contributed by atoms with van der Waals surface area (Å²) in [5, 5.41) is 13.9. The number of ether oxygens (including phenoxy) is 1. The van der Waals surface area contributed by atoms with Crippen molar-refractivity contribution in [1.82, 2.24) is 0 Å². The number of aryl methyl sites for hydroxylation is 1. The molecule has 2 aromatic rings. The summed E-state index contributed by atoms with van der Waals surface area (Å²) in [6.07, 6.45) is -0.763. The molecule has 1 aliphatic heterocycles. The molecular formula is C20H21N3O5. The molecule has 2 amide bonds. The van der Waals surface area contributed by atoms with Crippen molar-refractivity contribution in [2.24, 2.45) is 5.92 Å². The fourth-order valence-corrected chi connectivity index (χ4v) is 2.95. The van der Waals surface area contributed by atoms with E-state index < -0.39 is 22.8 Å². The number of hydrogen-bond acceptors (Lipinski definition) is 5. The van der Waals surface area contributed by atoms with Gasteiger partial charge in [-0.25, -0.2) is 0 Å². The molecule has 0 saturated heterocycles. The third-order valence-electron chi connectivity index (χ3n) is 4.45. The fraction of sp³-hybridized carbons (Fsp3) is 0.300. The van der Waals surface area contributed by atoms with Gasteiger partial charge in [0.15, 0.2) is 6.10 Å². The average Bonchev–Trinajstić information content (AvgIpc) is 2.65. The Morgan fingerprint density at radius 2 is 1.93 bits per heavy atom. The maximum atomic E-state index is 12.9. The van der Waals surface area contributed by atoms with Gasteiger partial charge in [-0.1, -0.05) is 31.5 Å². The SMILES string of the molecule is Cc1ccc(NC(=O)CN2C(=O)C(C(C)C)Oc3ccc([N+](=O)[O-])cc32)cc1. The topological polar surface area (TPSA) is 102 Å². The Hall–Kier alpha value is -3.42. The lowest BCUT2D eigenvalue weighted by Crippen LogP contribution is -2.50. The summed E-state index contributed by atoms with van der Waals surface area (Å²) >= 11 is 0. The van der Waals surface area contributed by atoms with Crippen LogP contribution in [0.25, 0.3) is 0 Å². The molecule has 0 bridgehead atoms. The number of carbonyl (C=O) groups excluding carboxylic acids is 2. The number of amides is 2. The van der Waals surface area contributed by atoms with E-state index in [2.05, 4.69) is 5.32 Å². The molecule has 8 heteroatoms. The summed E-state index contributed by atoms with van der Waals surface area (Å²) in [6.45, 7) is 5.34. The molecule has 1 unspecified atom stereocenters. The smallest absolute Gasteiger partial charge is 0.271 e. The molecule has 0 spiro atoms. The summed E-state index contributed by atoms with van der Waals surface area (Å²) in [7, 11) is 0. The Morgan fingerprint density at radius 1 is 1.25 bits per heavy atom. The van der Waals surface area contributed by atoms with E-state index in [1.165, 1.54) is 23.1 Å². The first-order valence-electron chi connectivity index (χ1n) is 8.89. The number of nitrogens with one attached hydrogen (secondary N) is 1. The standard InChI is InChI=1S/C20H21N3O5/c1-12(2)19-20(25)22(11-18(24)21-14-6-4-13(3)5-7-14)16-10-15(23(26)27)8-9-17(16)28-19/h4-10,12,19H,11H2,1-3H3,(H,21,24). The molecule has 28 heavy (non-hydrogen) atoms. The Morgan fingerprint density at radius 3 is 2.54 bits per heavy atom. The lowest BCUT2D eigenvalue weighted by molar-refractivity contribution is -0.384. The third kappa shape index (κ3) is 3.95. The number of rotatable bonds is 5. The van der Waals surface area contributed by atoms with Crippen molar-refractivity contribution in [3.8, 4) is 5.75 Å². The summed E-state index contributed by atoms with van der Waals surface area (Å²) < 4.78 is 5.74. The molecule has 1 aliphatic rings. The van der Waals surface area contributed by atoms with Crippen LogP contribution < -0.4 is 15.0 Å². The van der Waals surface area contributed by atoms with Crippen molar-refractivity contribution in [3.63, 3.8) is 0 Å². The molecule has 0 fully saturated rings. The van der Waals surface area contributed by atoms with Gasteiger partial charge in [0.2, 0.25) is 5.91 Å². The number of benzene rings is 2. The highest BCUT2D eigenvalue weighted by Gasteiger charge is 2.38. The van der Waals surface area contributed by atoms with Gasteiger partial charge in [0.05, 0.1) is 10.6 Å². The summed E-state index contributed by atoms with van der Waals surface area (Å²) in [6, 6.07) is 11.3. The zero-order valence-corrected chi connectivity index (χ0v) is 15.8. The van der Waals surface area contributed by atoms with Crippen LogP contribution in [0.4, 0.5) is 17.1 Å². The molecule has 1 heterocycles. The molecular weight excluding hydrogens is 362 g/mol. The van der Waals surface area contributed by atoms with E-state index in [0.717, 1.165) is 5.56 Å². The number of non-ortho nitro benzene ring substituents is 1. The van der Waals surface area contributed by atoms with E-state index in [4.69, 9.17) is 4.74 Å². The van der Waals surface area contributed by atoms with Crippen LogP contribution in [0, 0.1) is 23.0 Å². The molecule has 3 rings (SSSR count). The number of hydrogen-bond donors (Lipinski definition) is 1. The van der Waals surface area contributed by atoms with Crippen molar-refractivity contribution >= 4 is 28.9 Å². The van der Waals surface area contributed by atoms with Crippen molar-refractivity contribution in [3.05, 3.63) is 58.1 Å². The van der Waals surface area contributed by atoms with Crippen molar-refractivity contribution in [1.29, 1.82) is 0 Å². The third-order valence-corrected chi connectivity index (χ3v) is 4.45. The molecule has 1 N–H and O–H groups in total. The van der Waals surface area contributed by atoms with E-state index in [-0.39, 0.29) is 23.8 Å². The maximum Gasteiger partial charge on any atom is 0.271 e. The Kier molecular flexibility index (Phi) is 5.30. The van der Waals surface area contributed by atoms with E-state index in [1.807, 2.05) is 32.9 Å². The number of anilines is 2. The second kappa shape index (κ2) is 7.67. The van der Waals surface area contributed by atoms with Gasteiger partial charge < -0.3 is 10.1 Å². The van der Waals surface area contributed by atoms with Gasteiger partial charge in [0.1, 0.15) is 12.3 Å². The number of carbonyl (C=O) groups is 2. The van der Waals surface area contributed by atoms with Crippen molar-refractivity contribution < 1.29 is 19.2 Å². The summed E-state index contributed by atoms with van der Waals surface area (Å²) in [4.78, 5) is 37.2. The van der Waals surface area contributed by atoms with Gasteiger partial charge >= 0.3 is 0 Å². The number of nitro benzene ring substituents is 1. The minimum atomic E-state index is -0.763. The highest BCUT2D eigenvalue weighted by Crippen LogP contribution is 2.38. The summed E-state index contributed by atoms with van der Waals surface area (Å²) in [5.41, 5.74) is 1.70. The van der Waals surface area contributed by atoms with E-state index >= 15 is 0 Å². The quantitative estimate of drug-likeness (QED) is 0.630. The van der Waals surface area contributed by atoms with Crippen molar-refractivity contribution in [2.45, 2.75) is 26.9 Å². The van der Waals surface area contributed by atoms with E-state index in [9.17, 15) is 19.7 Å². The molecule has 1 atom stereocenters. The van der Waals surface area contributed by atoms with Crippen LogP contribution in [0.2, 0.25) is 0 Å². The molecule has 146 valence electrons. The van der Waals surface area contributed by atoms with Crippen LogP contribution >= 0.6 is 0 Å². The molecule has 8 nitrogen and oxygen atoms in total.